The molecule has 162 valence electrons. The average molecular weight is 413 g/mol. The summed E-state index contributed by atoms with van der Waals surface area (Å²) < 4.78 is 11.4. The van der Waals surface area contributed by atoms with E-state index in [9.17, 15) is 9.90 Å². The summed E-state index contributed by atoms with van der Waals surface area (Å²) in [7, 11) is 0. The number of carbonyl (C=O) groups is 1. The molecule has 1 heterocycles. The van der Waals surface area contributed by atoms with Crippen LogP contribution in [0.3, 0.4) is 0 Å². The third-order valence-corrected chi connectivity index (χ3v) is 4.97. The van der Waals surface area contributed by atoms with Gasteiger partial charge in [0.1, 0.15) is 11.9 Å². The van der Waals surface area contributed by atoms with E-state index in [2.05, 4.69) is 22.3 Å². The summed E-state index contributed by atoms with van der Waals surface area (Å²) in [6.07, 6.45) is -0.245. The molecule has 1 aliphatic heterocycles. The van der Waals surface area contributed by atoms with Gasteiger partial charge in [0.25, 0.3) is 5.91 Å². The fourth-order valence-electron chi connectivity index (χ4n) is 3.72. The van der Waals surface area contributed by atoms with Crippen LogP contribution >= 0.6 is 0 Å². The molecule has 30 heavy (non-hydrogen) atoms. The van der Waals surface area contributed by atoms with Gasteiger partial charge in [-0.1, -0.05) is 42.5 Å². The Labute approximate surface area is 178 Å². The summed E-state index contributed by atoms with van der Waals surface area (Å²) in [4.78, 5) is 14.3. The van der Waals surface area contributed by atoms with E-state index in [4.69, 9.17) is 9.47 Å². The lowest BCUT2D eigenvalue weighted by Crippen LogP contribution is -2.46. The van der Waals surface area contributed by atoms with E-state index in [1.54, 1.807) is 0 Å². The highest BCUT2D eigenvalue weighted by Gasteiger charge is 2.33. The lowest BCUT2D eigenvalue weighted by atomic mass is 9.97. The number of aliphatic hydroxyl groups excluding tert-OH is 1. The van der Waals surface area contributed by atoms with Crippen molar-refractivity contribution in [1.82, 2.24) is 10.2 Å². The standard InChI is InChI=1S/C24H32N2O4/c1-24(2,3)25-22(28)17-30-20-11-9-18(10-12-20)15-26-13-14-29-21(16-27)23(26)19-7-5-4-6-8-19/h4-12,21,23,27H,13-17H2,1-3H3,(H,25,28)/t21-,23-/m1/s1. The summed E-state index contributed by atoms with van der Waals surface area (Å²) in [6, 6.07) is 18.0. The summed E-state index contributed by atoms with van der Waals surface area (Å²) in [5.74, 6) is 0.526. The molecule has 0 radical (unpaired) electrons. The van der Waals surface area contributed by atoms with Gasteiger partial charge in [0.15, 0.2) is 6.61 Å². The van der Waals surface area contributed by atoms with Crippen molar-refractivity contribution in [3.63, 3.8) is 0 Å². The molecule has 0 bridgehead atoms. The summed E-state index contributed by atoms with van der Waals surface area (Å²) >= 11 is 0. The van der Waals surface area contributed by atoms with Crippen LogP contribution in [-0.2, 0) is 16.1 Å². The minimum atomic E-state index is -0.274. The first-order valence-corrected chi connectivity index (χ1v) is 10.4. The Morgan fingerprint density at radius 1 is 1.17 bits per heavy atom. The number of hydrogen-bond acceptors (Lipinski definition) is 5. The maximum Gasteiger partial charge on any atom is 0.258 e. The summed E-state index contributed by atoms with van der Waals surface area (Å²) in [5.41, 5.74) is 2.01. The molecular formula is C24H32N2O4. The monoisotopic (exact) mass is 412 g/mol. The zero-order valence-corrected chi connectivity index (χ0v) is 18.0. The number of ether oxygens (including phenoxy) is 2. The maximum absolute atomic E-state index is 11.9. The van der Waals surface area contributed by atoms with Crippen LogP contribution in [0.25, 0.3) is 0 Å². The second-order valence-electron chi connectivity index (χ2n) is 8.65. The highest BCUT2D eigenvalue weighted by atomic mass is 16.5. The fourth-order valence-corrected chi connectivity index (χ4v) is 3.72. The zero-order chi connectivity index (χ0) is 21.6. The molecule has 2 aromatic carbocycles. The van der Waals surface area contributed by atoms with Crippen LogP contribution in [0, 0.1) is 0 Å². The lowest BCUT2D eigenvalue weighted by Gasteiger charge is -2.41. The van der Waals surface area contributed by atoms with Crippen molar-refractivity contribution in [3.05, 3.63) is 65.7 Å². The molecule has 6 nitrogen and oxygen atoms in total. The topological polar surface area (TPSA) is 71.0 Å². The van der Waals surface area contributed by atoms with Gasteiger partial charge in [-0.05, 0) is 44.0 Å². The van der Waals surface area contributed by atoms with Crippen LogP contribution in [0.1, 0.15) is 37.9 Å². The molecule has 2 aromatic rings. The quantitative estimate of drug-likeness (QED) is 0.732. The predicted molar refractivity (Wildman–Crippen MR) is 116 cm³/mol. The van der Waals surface area contributed by atoms with E-state index in [-0.39, 0.29) is 36.8 Å². The Hall–Kier alpha value is -2.41. The van der Waals surface area contributed by atoms with Gasteiger partial charge in [0.2, 0.25) is 0 Å². The van der Waals surface area contributed by atoms with E-state index in [1.165, 1.54) is 0 Å². The number of hydrogen-bond donors (Lipinski definition) is 2. The molecule has 1 amide bonds. The third-order valence-electron chi connectivity index (χ3n) is 4.97. The van der Waals surface area contributed by atoms with Crippen molar-refractivity contribution in [2.45, 2.75) is 45.0 Å². The van der Waals surface area contributed by atoms with E-state index in [1.807, 2.05) is 63.2 Å². The van der Waals surface area contributed by atoms with Gasteiger partial charge in [-0.2, -0.15) is 0 Å². The third kappa shape index (κ3) is 6.29. The molecule has 0 aliphatic carbocycles. The molecule has 0 aromatic heterocycles. The number of carbonyl (C=O) groups excluding carboxylic acids is 1. The Morgan fingerprint density at radius 2 is 1.87 bits per heavy atom. The average Bonchev–Trinajstić information content (AvgIpc) is 2.72. The van der Waals surface area contributed by atoms with Crippen LogP contribution in [0.4, 0.5) is 0 Å². The maximum atomic E-state index is 11.9. The van der Waals surface area contributed by atoms with Crippen molar-refractivity contribution >= 4 is 5.91 Å². The van der Waals surface area contributed by atoms with Crippen LogP contribution in [-0.4, -0.2) is 53.9 Å². The number of rotatable bonds is 7. The first kappa shape index (κ1) is 22.3. The van der Waals surface area contributed by atoms with Crippen molar-refractivity contribution in [1.29, 1.82) is 0 Å². The molecule has 1 aliphatic rings. The summed E-state index contributed by atoms with van der Waals surface area (Å²) in [5, 5.41) is 12.7. The van der Waals surface area contributed by atoms with Gasteiger partial charge in [0, 0.05) is 18.6 Å². The minimum Gasteiger partial charge on any atom is -0.484 e. The molecule has 3 rings (SSSR count). The molecule has 6 heteroatoms. The second kappa shape index (κ2) is 10.1. The fraction of sp³-hybridized carbons (Fsp3) is 0.458. The Bertz CT molecular complexity index is 802. The second-order valence-corrected chi connectivity index (χ2v) is 8.65. The van der Waals surface area contributed by atoms with Gasteiger partial charge in [0.05, 0.1) is 19.3 Å². The highest BCUT2D eigenvalue weighted by Crippen LogP contribution is 2.31. The van der Waals surface area contributed by atoms with Crippen molar-refractivity contribution in [3.8, 4) is 5.75 Å². The number of morpholine rings is 1. The van der Waals surface area contributed by atoms with Gasteiger partial charge in [-0.25, -0.2) is 0 Å². The van der Waals surface area contributed by atoms with Gasteiger partial charge in [-0.3, -0.25) is 9.69 Å². The van der Waals surface area contributed by atoms with E-state index >= 15 is 0 Å². The normalized spacial score (nSPS) is 20.0. The molecule has 0 spiro atoms. The van der Waals surface area contributed by atoms with Gasteiger partial charge >= 0.3 is 0 Å². The molecule has 1 fully saturated rings. The highest BCUT2D eigenvalue weighted by molar-refractivity contribution is 5.78. The smallest absolute Gasteiger partial charge is 0.258 e. The van der Waals surface area contributed by atoms with Crippen LogP contribution in [0.2, 0.25) is 0 Å². The van der Waals surface area contributed by atoms with Crippen LogP contribution in [0.5, 0.6) is 5.75 Å². The molecule has 1 saturated heterocycles. The van der Waals surface area contributed by atoms with E-state index < -0.39 is 0 Å². The first-order valence-electron chi connectivity index (χ1n) is 10.4. The predicted octanol–water partition coefficient (Wildman–Crippen LogP) is 2.91. The van der Waals surface area contributed by atoms with Crippen molar-refractivity contribution < 1.29 is 19.4 Å². The number of benzene rings is 2. The van der Waals surface area contributed by atoms with Crippen molar-refractivity contribution in [2.75, 3.05) is 26.4 Å². The first-order chi connectivity index (χ1) is 14.4. The summed E-state index contributed by atoms with van der Waals surface area (Å²) in [6.45, 7) is 7.93. The zero-order valence-electron chi connectivity index (χ0n) is 18.0. The number of aliphatic hydroxyl groups is 1. The number of amides is 1. The molecule has 2 N–H and O–H groups in total. The SMILES string of the molecule is CC(C)(C)NC(=O)COc1ccc(CN2CCO[C@H](CO)[C@H]2c2ccccc2)cc1. The largest absolute Gasteiger partial charge is 0.484 e. The van der Waals surface area contributed by atoms with Gasteiger partial charge < -0.3 is 19.9 Å². The number of nitrogens with one attached hydrogen (secondary N) is 1. The number of nitrogens with zero attached hydrogens (tertiary/aromatic N) is 1. The van der Waals surface area contributed by atoms with Crippen molar-refractivity contribution in [2.24, 2.45) is 0 Å². The Morgan fingerprint density at radius 3 is 2.50 bits per heavy atom. The van der Waals surface area contributed by atoms with Crippen LogP contribution in [0.15, 0.2) is 54.6 Å². The molecule has 2 atom stereocenters. The molecule has 0 saturated carbocycles. The van der Waals surface area contributed by atoms with E-state index in [0.717, 1.165) is 24.2 Å². The van der Waals surface area contributed by atoms with Crippen LogP contribution < -0.4 is 10.1 Å². The van der Waals surface area contributed by atoms with E-state index in [0.29, 0.717) is 12.4 Å². The molecular weight excluding hydrogens is 380 g/mol. The Kier molecular flexibility index (Phi) is 7.48. The van der Waals surface area contributed by atoms with Gasteiger partial charge in [-0.15, -0.1) is 0 Å². The minimum absolute atomic E-state index is 0.00182. The Balaban J connectivity index is 1.63. The molecule has 0 unspecified atom stereocenters. The lowest BCUT2D eigenvalue weighted by molar-refractivity contribution is -0.124.